The summed E-state index contributed by atoms with van der Waals surface area (Å²) in [6, 6.07) is 15.9. The number of hydrogen-bond donors (Lipinski definition) is 3. The molecule has 0 bridgehead atoms. The van der Waals surface area contributed by atoms with Crippen molar-refractivity contribution in [2.75, 3.05) is 18.5 Å². The molecule has 3 aromatic carbocycles. The van der Waals surface area contributed by atoms with Gasteiger partial charge in [-0.15, -0.1) is 0 Å². The molecular weight excluding hydrogens is 481 g/mol. The molecule has 1 heterocycles. The van der Waals surface area contributed by atoms with Gasteiger partial charge in [-0.3, -0.25) is 4.79 Å². The largest absolute Gasteiger partial charge is 0.395 e. The quantitative estimate of drug-likeness (QED) is 0.388. The second-order valence-electron chi connectivity index (χ2n) is 9.21. The molecule has 0 spiro atoms. The minimum Gasteiger partial charge on any atom is -0.395 e. The second kappa shape index (κ2) is 12.4. The number of nitrogens with one attached hydrogen (secondary N) is 2. The van der Waals surface area contributed by atoms with Gasteiger partial charge in [0.15, 0.2) is 0 Å². The Balaban J connectivity index is 1.47. The highest BCUT2D eigenvalue weighted by Gasteiger charge is 2.27. The van der Waals surface area contributed by atoms with Gasteiger partial charge < -0.3 is 20.5 Å². The highest BCUT2D eigenvalue weighted by atomic mass is 19.1. The van der Waals surface area contributed by atoms with E-state index in [4.69, 9.17) is 4.74 Å². The van der Waals surface area contributed by atoms with E-state index in [0.29, 0.717) is 41.8 Å². The van der Waals surface area contributed by atoms with Crippen LogP contribution in [0.1, 0.15) is 35.4 Å². The monoisotopic (exact) mass is 511 g/mol. The molecule has 1 saturated heterocycles. The van der Waals surface area contributed by atoms with Gasteiger partial charge in [0, 0.05) is 30.1 Å². The first-order valence-electron chi connectivity index (χ1n) is 12.2. The number of aliphatic hydroxyl groups excluding tert-OH is 1. The van der Waals surface area contributed by atoms with Crippen LogP contribution in [0.3, 0.4) is 0 Å². The van der Waals surface area contributed by atoms with Crippen LogP contribution in [0.25, 0.3) is 0 Å². The molecule has 3 N–H and O–H groups in total. The molecule has 0 aromatic heterocycles. The zero-order valence-electron chi connectivity index (χ0n) is 20.3. The number of ether oxygens (including phenoxy) is 1. The maximum absolute atomic E-state index is 14.8. The first kappa shape index (κ1) is 26.9. The highest BCUT2D eigenvalue weighted by molar-refractivity contribution is 5.92. The molecule has 8 heteroatoms. The summed E-state index contributed by atoms with van der Waals surface area (Å²) in [5.41, 5.74) is 2.14. The van der Waals surface area contributed by atoms with Crippen molar-refractivity contribution < 1.29 is 27.8 Å². The normalized spacial score (nSPS) is 19.7. The number of benzene rings is 3. The van der Waals surface area contributed by atoms with Crippen LogP contribution in [0.2, 0.25) is 0 Å². The van der Waals surface area contributed by atoms with Crippen molar-refractivity contribution in [1.29, 1.82) is 0 Å². The third-order valence-electron chi connectivity index (χ3n) is 6.66. The molecule has 0 saturated carbocycles. The number of carbonyl (C=O) groups is 1. The number of anilines is 1. The minimum atomic E-state index is -0.451. The summed E-state index contributed by atoms with van der Waals surface area (Å²) in [6.07, 6.45) is 0.182. The lowest BCUT2D eigenvalue weighted by Crippen LogP contribution is -2.53. The zero-order valence-corrected chi connectivity index (χ0v) is 20.3. The summed E-state index contributed by atoms with van der Waals surface area (Å²) < 4.78 is 47.7. The molecule has 3 aromatic rings. The highest BCUT2D eigenvalue weighted by Crippen LogP contribution is 2.30. The van der Waals surface area contributed by atoms with Gasteiger partial charge in [-0.1, -0.05) is 30.3 Å². The molecule has 1 aliphatic heterocycles. The molecule has 4 rings (SSSR count). The first-order chi connectivity index (χ1) is 17.8. The smallest absolute Gasteiger partial charge is 0.225 e. The van der Waals surface area contributed by atoms with E-state index in [9.17, 15) is 23.1 Å². The number of carbonyl (C=O) groups excluding carboxylic acids is 1. The lowest BCUT2D eigenvalue weighted by Gasteiger charge is -2.35. The Morgan fingerprint density at radius 3 is 2.22 bits per heavy atom. The first-order valence-corrected chi connectivity index (χ1v) is 12.2. The van der Waals surface area contributed by atoms with E-state index in [1.807, 2.05) is 0 Å². The van der Waals surface area contributed by atoms with E-state index < -0.39 is 29.5 Å². The van der Waals surface area contributed by atoms with Gasteiger partial charge in [0.2, 0.25) is 5.91 Å². The van der Waals surface area contributed by atoms with Crippen molar-refractivity contribution in [3.05, 3.63) is 108 Å². The van der Waals surface area contributed by atoms with Crippen LogP contribution in [0.4, 0.5) is 18.9 Å². The van der Waals surface area contributed by atoms with Crippen molar-refractivity contribution in [2.45, 2.75) is 43.4 Å². The van der Waals surface area contributed by atoms with Crippen LogP contribution in [-0.2, 0) is 16.0 Å². The van der Waals surface area contributed by atoms with Crippen LogP contribution in [-0.4, -0.2) is 42.4 Å². The molecule has 3 atom stereocenters. The number of amides is 1. The Morgan fingerprint density at radius 2 is 1.65 bits per heavy atom. The fraction of sp³-hybridized carbons (Fsp3) is 0.310. The average Bonchev–Trinajstić information content (AvgIpc) is 2.88. The Bertz CT molecular complexity index is 1140. The van der Waals surface area contributed by atoms with E-state index >= 15 is 0 Å². The molecule has 1 amide bonds. The minimum absolute atomic E-state index is 0.00535. The predicted octanol–water partition coefficient (Wildman–Crippen LogP) is 4.75. The van der Waals surface area contributed by atoms with Crippen LogP contribution in [0.5, 0.6) is 0 Å². The molecule has 1 aliphatic rings. The van der Waals surface area contributed by atoms with E-state index in [1.54, 1.807) is 30.3 Å². The predicted molar refractivity (Wildman–Crippen MR) is 136 cm³/mol. The fourth-order valence-electron chi connectivity index (χ4n) is 4.60. The molecule has 5 nitrogen and oxygen atoms in total. The van der Waals surface area contributed by atoms with E-state index in [1.165, 1.54) is 36.4 Å². The van der Waals surface area contributed by atoms with Crippen LogP contribution < -0.4 is 10.6 Å². The molecule has 1 fully saturated rings. The number of rotatable bonds is 9. The standard InChI is InChI=1S/C29H30F3N2O3/c1-18-28(17-35)33-16-23(37-18)13-14-24-26(32)3-2-4-27(24)34-29(36)15-25(19-5-9-21(30)10-6-19)20-7-11-22(31)12-8-20/h2-12,18,23,25,28,33,35H,1,13-17H2,(H,34,36)/t18-,23+,28+/m0/s1. The van der Waals surface area contributed by atoms with Crippen molar-refractivity contribution in [3.63, 3.8) is 0 Å². The summed E-state index contributed by atoms with van der Waals surface area (Å²) in [7, 11) is 0. The maximum atomic E-state index is 14.8. The Kier molecular flexibility index (Phi) is 8.97. The van der Waals surface area contributed by atoms with Crippen LogP contribution in [0.15, 0.2) is 66.7 Å². The Morgan fingerprint density at radius 1 is 1.03 bits per heavy atom. The lowest BCUT2D eigenvalue weighted by molar-refractivity contribution is -0.116. The van der Waals surface area contributed by atoms with Gasteiger partial charge in [0.25, 0.3) is 0 Å². The summed E-state index contributed by atoms with van der Waals surface area (Å²) in [4.78, 5) is 13.1. The summed E-state index contributed by atoms with van der Waals surface area (Å²) in [6.45, 7) is 4.32. The molecule has 37 heavy (non-hydrogen) atoms. The van der Waals surface area contributed by atoms with Crippen molar-refractivity contribution in [2.24, 2.45) is 0 Å². The number of halogens is 3. The molecule has 1 radical (unpaired) electrons. The Hall–Kier alpha value is -3.20. The van der Waals surface area contributed by atoms with E-state index in [2.05, 4.69) is 17.6 Å². The summed E-state index contributed by atoms with van der Waals surface area (Å²) >= 11 is 0. The molecular formula is C29H30F3N2O3. The van der Waals surface area contributed by atoms with Gasteiger partial charge in [-0.2, -0.15) is 0 Å². The average molecular weight is 512 g/mol. The summed E-state index contributed by atoms with van der Waals surface area (Å²) in [5.74, 6) is -2.04. The molecule has 0 aliphatic carbocycles. The fourth-order valence-corrected chi connectivity index (χ4v) is 4.60. The lowest BCUT2D eigenvalue weighted by atomic mass is 9.88. The molecule has 195 valence electrons. The zero-order chi connectivity index (χ0) is 26.4. The van der Waals surface area contributed by atoms with Gasteiger partial charge in [-0.25, -0.2) is 13.2 Å². The number of hydrogen-bond acceptors (Lipinski definition) is 4. The van der Waals surface area contributed by atoms with Crippen LogP contribution in [0, 0.1) is 24.4 Å². The van der Waals surface area contributed by atoms with Gasteiger partial charge >= 0.3 is 0 Å². The number of morpholine rings is 1. The topological polar surface area (TPSA) is 70.6 Å². The van der Waals surface area contributed by atoms with Crippen molar-refractivity contribution in [3.8, 4) is 0 Å². The van der Waals surface area contributed by atoms with Crippen molar-refractivity contribution >= 4 is 11.6 Å². The van der Waals surface area contributed by atoms with E-state index in [-0.39, 0.29) is 31.1 Å². The third kappa shape index (κ3) is 6.97. The van der Waals surface area contributed by atoms with Gasteiger partial charge in [-0.05, 0) is 67.3 Å². The second-order valence-corrected chi connectivity index (χ2v) is 9.21. The number of aliphatic hydroxyl groups is 1. The maximum Gasteiger partial charge on any atom is 0.225 e. The SMILES string of the molecule is [CH2][C@@H]1O[C@H](CCc2c(F)cccc2NC(=O)CC(c2ccc(F)cc2)c2ccc(F)cc2)CN[C@@H]1CO. The third-order valence-corrected chi connectivity index (χ3v) is 6.66. The van der Waals surface area contributed by atoms with Crippen molar-refractivity contribution in [1.82, 2.24) is 5.32 Å². The van der Waals surface area contributed by atoms with Gasteiger partial charge in [0.1, 0.15) is 17.5 Å². The molecule has 0 unspecified atom stereocenters. The summed E-state index contributed by atoms with van der Waals surface area (Å²) in [5, 5.41) is 15.3. The van der Waals surface area contributed by atoms with Crippen LogP contribution >= 0.6 is 0 Å². The van der Waals surface area contributed by atoms with E-state index in [0.717, 1.165) is 0 Å². The Labute approximate surface area is 214 Å². The van der Waals surface area contributed by atoms with Gasteiger partial charge in [0.05, 0.1) is 24.9 Å².